The summed E-state index contributed by atoms with van der Waals surface area (Å²) in [6, 6.07) is 13.8. The van der Waals surface area contributed by atoms with Gasteiger partial charge < -0.3 is 14.8 Å². The third kappa shape index (κ3) is 4.91. The number of pyridine rings is 1. The van der Waals surface area contributed by atoms with Gasteiger partial charge in [-0.25, -0.2) is 9.69 Å². The quantitative estimate of drug-likeness (QED) is 0.276. The van der Waals surface area contributed by atoms with Crippen molar-refractivity contribution in [2.24, 2.45) is 0 Å². The van der Waals surface area contributed by atoms with Crippen molar-refractivity contribution in [3.63, 3.8) is 0 Å². The van der Waals surface area contributed by atoms with Crippen LogP contribution in [0.3, 0.4) is 0 Å². The van der Waals surface area contributed by atoms with E-state index < -0.39 is 34.8 Å². The topological polar surface area (TPSA) is 101 Å². The molecule has 1 aromatic heterocycles. The fourth-order valence-electron chi connectivity index (χ4n) is 4.05. The molecule has 1 aliphatic heterocycles. The maximum atomic E-state index is 13.4. The molecule has 1 aliphatic rings. The van der Waals surface area contributed by atoms with E-state index in [1.54, 1.807) is 36.4 Å². The van der Waals surface area contributed by atoms with Crippen LogP contribution in [0.15, 0.2) is 67.0 Å². The molecule has 190 valence electrons. The average Bonchev–Trinajstić information content (AvgIpc) is 3.03. The van der Waals surface area contributed by atoms with Crippen molar-refractivity contribution in [2.45, 2.75) is 25.6 Å². The third-order valence-electron chi connectivity index (χ3n) is 6.08. The fourth-order valence-corrected chi connectivity index (χ4v) is 4.05. The Kier molecular flexibility index (Phi) is 6.52. The summed E-state index contributed by atoms with van der Waals surface area (Å²) in [6.45, 7) is 3.03. The number of anilines is 1. The minimum absolute atomic E-state index is 0.000414. The van der Waals surface area contributed by atoms with Gasteiger partial charge in [0.15, 0.2) is 12.4 Å². The minimum atomic E-state index is -4.83. The highest BCUT2D eigenvalue weighted by Crippen LogP contribution is 2.37. The molecule has 0 spiro atoms. The molecule has 0 atom stereocenters. The summed E-state index contributed by atoms with van der Waals surface area (Å²) in [5.41, 5.74) is -1.71. The van der Waals surface area contributed by atoms with Gasteiger partial charge >= 0.3 is 12.2 Å². The van der Waals surface area contributed by atoms with Gasteiger partial charge in [0.2, 0.25) is 0 Å². The van der Waals surface area contributed by atoms with Gasteiger partial charge in [0.1, 0.15) is 17.9 Å². The Morgan fingerprint density at radius 2 is 1.65 bits per heavy atom. The van der Waals surface area contributed by atoms with Crippen molar-refractivity contribution in [1.29, 1.82) is 5.26 Å². The third-order valence-corrected chi connectivity index (χ3v) is 6.08. The van der Waals surface area contributed by atoms with E-state index in [9.17, 15) is 28.0 Å². The number of nitriles is 1. The molecular weight excluding hydrogens is 489 g/mol. The van der Waals surface area contributed by atoms with Gasteiger partial charge in [0, 0.05) is 12.1 Å². The summed E-state index contributed by atoms with van der Waals surface area (Å²) >= 11 is 0. The summed E-state index contributed by atoms with van der Waals surface area (Å²) < 4.78 is 46.6. The number of halogens is 3. The maximum Gasteiger partial charge on any atom is 0.417 e. The summed E-state index contributed by atoms with van der Waals surface area (Å²) in [5, 5.41) is 20.2. The summed E-state index contributed by atoms with van der Waals surface area (Å²) in [4.78, 5) is 28.1. The number of benzene rings is 2. The van der Waals surface area contributed by atoms with E-state index in [1.807, 2.05) is 0 Å². The van der Waals surface area contributed by atoms with Gasteiger partial charge in [-0.3, -0.25) is 4.79 Å². The zero-order valence-electron chi connectivity index (χ0n) is 19.8. The Bertz CT molecular complexity index is 1380. The largest absolute Gasteiger partial charge is 0.619 e. The molecule has 0 bridgehead atoms. The van der Waals surface area contributed by atoms with Gasteiger partial charge in [-0.05, 0) is 55.3 Å². The second kappa shape index (κ2) is 9.46. The van der Waals surface area contributed by atoms with Crippen LogP contribution in [0.4, 0.5) is 23.7 Å². The monoisotopic (exact) mass is 510 g/mol. The molecule has 8 nitrogen and oxygen atoms in total. The van der Waals surface area contributed by atoms with Crippen LogP contribution >= 0.6 is 0 Å². The van der Waals surface area contributed by atoms with E-state index >= 15 is 0 Å². The minimum Gasteiger partial charge on any atom is -0.619 e. The number of ether oxygens (including phenoxy) is 1. The number of aromatic nitrogens is 1. The molecule has 2 heterocycles. The Balaban J connectivity index is 1.47. The summed E-state index contributed by atoms with van der Waals surface area (Å²) in [7, 11) is 0. The number of hydrogen-bond donors (Lipinski definition) is 0. The van der Waals surface area contributed by atoms with E-state index in [1.165, 1.54) is 37.2 Å². The van der Waals surface area contributed by atoms with E-state index in [0.29, 0.717) is 21.4 Å². The summed E-state index contributed by atoms with van der Waals surface area (Å²) in [5.74, 6) is -0.185. The van der Waals surface area contributed by atoms with Crippen molar-refractivity contribution >= 4 is 17.6 Å². The van der Waals surface area contributed by atoms with Crippen LogP contribution in [0.2, 0.25) is 0 Å². The maximum absolute atomic E-state index is 13.4. The van der Waals surface area contributed by atoms with Gasteiger partial charge in [-0.2, -0.15) is 23.2 Å². The van der Waals surface area contributed by atoms with Crippen LogP contribution in [-0.2, 0) is 11.0 Å². The van der Waals surface area contributed by atoms with Gasteiger partial charge in [0.25, 0.3) is 5.91 Å². The molecule has 0 radical (unpaired) electrons. The SMILES string of the molecule is CC1(C)C(=O)N(c2ccc(C#N)c(C(F)(F)F)c2)C(=O)N1CCOc1ccc(-c2cc[n+]([O-])cc2)cc1. The zero-order chi connectivity index (χ0) is 27.0. The standard InChI is InChI=1S/C26H21F3N4O4/c1-25(2)23(34)33(20-6-3-19(16-30)22(15-20)26(27,28)29)24(35)32(25)13-14-37-21-7-4-17(5-8-21)18-9-11-31(36)12-10-18/h3-12,15H,13-14H2,1-2H3. The van der Waals surface area contributed by atoms with Gasteiger partial charge in [-0.15, -0.1) is 0 Å². The Morgan fingerprint density at radius 1 is 1.03 bits per heavy atom. The van der Waals surface area contributed by atoms with Crippen molar-refractivity contribution in [3.8, 4) is 22.9 Å². The van der Waals surface area contributed by atoms with E-state index in [4.69, 9.17) is 10.00 Å². The average molecular weight is 510 g/mol. The number of amides is 3. The number of hydrogen-bond acceptors (Lipinski definition) is 5. The van der Waals surface area contributed by atoms with Crippen molar-refractivity contribution in [3.05, 3.63) is 83.3 Å². The number of urea groups is 1. The second-order valence-electron chi connectivity index (χ2n) is 8.79. The molecule has 3 amide bonds. The van der Waals surface area contributed by atoms with Crippen molar-refractivity contribution in [2.75, 3.05) is 18.1 Å². The van der Waals surface area contributed by atoms with Gasteiger partial charge in [0.05, 0.1) is 29.4 Å². The van der Waals surface area contributed by atoms with Gasteiger partial charge in [-0.1, -0.05) is 12.1 Å². The number of alkyl halides is 3. The molecule has 0 N–H and O–H groups in total. The molecule has 11 heteroatoms. The Labute approximate surface area is 210 Å². The lowest BCUT2D eigenvalue weighted by atomic mass is 10.0. The van der Waals surface area contributed by atoms with Crippen LogP contribution in [-0.4, -0.2) is 35.5 Å². The predicted octanol–water partition coefficient (Wildman–Crippen LogP) is 4.50. The first kappa shape index (κ1) is 25.5. The molecule has 0 saturated carbocycles. The lowest BCUT2D eigenvalue weighted by Gasteiger charge is -2.27. The molecular formula is C26H21F3N4O4. The van der Waals surface area contributed by atoms with E-state index in [0.717, 1.165) is 23.3 Å². The summed E-state index contributed by atoms with van der Waals surface area (Å²) in [6.07, 6.45) is -2.05. The molecule has 2 aromatic carbocycles. The number of carbonyl (C=O) groups excluding carboxylic acids is 2. The molecule has 37 heavy (non-hydrogen) atoms. The second-order valence-corrected chi connectivity index (χ2v) is 8.79. The molecule has 0 aliphatic carbocycles. The first-order chi connectivity index (χ1) is 17.4. The Morgan fingerprint density at radius 3 is 2.24 bits per heavy atom. The molecule has 3 aromatic rings. The van der Waals surface area contributed by atoms with Crippen LogP contribution in [0.5, 0.6) is 5.75 Å². The number of rotatable bonds is 6. The molecule has 4 rings (SSSR count). The van der Waals surface area contributed by atoms with Crippen LogP contribution in [0, 0.1) is 16.5 Å². The fraction of sp³-hybridized carbons (Fsp3) is 0.231. The highest BCUT2D eigenvalue weighted by atomic mass is 19.4. The van der Waals surface area contributed by atoms with Crippen LogP contribution in [0.25, 0.3) is 11.1 Å². The first-order valence-electron chi connectivity index (χ1n) is 11.1. The van der Waals surface area contributed by atoms with Crippen molar-refractivity contribution in [1.82, 2.24) is 4.90 Å². The number of carbonyl (C=O) groups is 2. The highest BCUT2D eigenvalue weighted by Gasteiger charge is 2.52. The van der Waals surface area contributed by atoms with Crippen molar-refractivity contribution < 1.29 is 32.2 Å². The normalized spacial score (nSPS) is 15.1. The zero-order valence-corrected chi connectivity index (χ0v) is 19.8. The number of nitrogens with zero attached hydrogens (tertiary/aromatic N) is 4. The van der Waals surface area contributed by atoms with E-state index in [2.05, 4.69) is 0 Å². The smallest absolute Gasteiger partial charge is 0.417 e. The first-order valence-corrected chi connectivity index (χ1v) is 11.1. The molecule has 1 saturated heterocycles. The number of imide groups is 1. The Hall–Kier alpha value is -4.59. The molecule has 0 unspecified atom stereocenters. The lowest BCUT2D eigenvalue weighted by Crippen LogP contribution is -2.46. The highest BCUT2D eigenvalue weighted by molar-refractivity contribution is 6.23. The van der Waals surface area contributed by atoms with E-state index in [-0.39, 0.29) is 18.8 Å². The predicted molar refractivity (Wildman–Crippen MR) is 126 cm³/mol. The lowest BCUT2D eigenvalue weighted by molar-refractivity contribution is -0.605. The molecule has 1 fully saturated rings. The van der Waals surface area contributed by atoms with Crippen LogP contribution < -0.4 is 14.4 Å². The van der Waals surface area contributed by atoms with Crippen LogP contribution in [0.1, 0.15) is 25.0 Å².